The SMILES string of the molecule is CCOc1ccc(Nc2ccc(C(=O)NCc3ccc(F)cc3)cn2)cc1. The van der Waals surface area contributed by atoms with Crippen molar-refractivity contribution < 1.29 is 13.9 Å². The Bertz CT molecular complexity index is 879. The van der Waals surface area contributed by atoms with Crippen molar-refractivity contribution in [3.63, 3.8) is 0 Å². The largest absolute Gasteiger partial charge is 0.494 e. The molecule has 5 nitrogen and oxygen atoms in total. The van der Waals surface area contributed by atoms with Crippen molar-refractivity contribution in [3.05, 3.63) is 83.8 Å². The molecule has 1 amide bonds. The zero-order valence-electron chi connectivity index (χ0n) is 14.9. The molecule has 0 aliphatic rings. The smallest absolute Gasteiger partial charge is 0.253 e. The maximum atomic E-state index is 12.9. The summed E-state index contributed by atoms with van der Waals surface area (Å²) in [5, 5.41) is 5.95. The summed E-state index contributed by atoms with van der Waals surface area (Å²) < 4.78 is 18.3. The first-order chi connectivity index (χ1) is 13.1. The predicted octanol–water partition coefficient (Wildman–Crippen LogP) is 4.29. The van der Waals surface area contributed by atoms with E-state index in [1.165, 1.54) is 18.3 Å². The zero-order chi connectivity index (χ0) is 19.1. The van der Waals surface area contributed by atoms with Crippen molar-refractivity contribution in [1.82, 2.24) is 10.3 Å². The molecule has 0 bridgehead atoms. The van der Waals surface area contributed by atoms with Gasteiger partial charge in [-0.1, -0.05) is 12.1 Å². The number of halogens is 1. The number of anilines is 2. The molecule has 0 radical (unpaired) electrons. The maximum absolute atomic E-state index is 12.9. The Balaban J connectivity index is 1.55. The molecule has 1 heterocycles. The lowest BCUT2D eigenvalue weighted by Crippen LogP contribution is -2.22. The third kappa shape index (κ3) is 5.28. The van der Waals surface area contributed by atoms with Crippen LogP contribution >= 0.6 is 0 Å². The molecule has 0 saturated heterocycles. The first-order valence-corrected chi connectivity index (χ1v) is 8.62. The third-order valence-electron chi connectivity index (χ3n) is 3.83. The van der Waals surface area contributed by atoms with Crippen LogP contribution in [0.3, 0.4) is 0 Å². The van der Waals surface area contributed by atoms with E-state index in [0.29, 0.717) is 24.5 Å². The second kappa shape index (κ2) is 8.80. The minimum absolute atomic E-state index is 0.237. The van der Waals surface area contributed by atoms with Crippen LogP contribution in [-0.2, 0) is 6.54 Å². The molecule has 0 atom stereocenters. The fourth-order valence-electron chi connectivity index (χ4n) is 2.44. The molecule has 0 fully saturated rings. The van der Waals surface area contributed by atoms with Gasteiger partial charge in [-0.15, -0.1) is 0 Å². The van der Waals surface area contributed by atoms with Gasteiger partial charge in [0, 0.05) is 18.4 Å². The van der Waals surface area contributed by atoms with E-state index in [-0.39, 0.29) is 11.7 Å². The van der Waals surface area contributed by atoms with Crippen LogP contribution in [-0.4, -0.2) is 17.5 Å². The highest BCUT2D eigenvalue weighted by Gasteiger charge is 2.06. The number of hydrogen-bond donors (Lipinski definition) is 2. The van der Waals surface area contributed by atoms with Gasteiger partial charge >= 0.3 is 0 Å². The van der Waals surface area contributed by atoms with Gasteiger partial charge in [-0.25, -0.2) is 9.37 Å². The van der Waals surface area contributed by atoms with Gasteiger partial charge in [0.1, 0.15) is 17.4 Å². The number of carbonyl (C=O) groups is 1. The molecule has 0 aliphatic heterocycles. The minimum atomic E-state index is -0.301. The average molecular weight is 365 g/mol. The Kier molecular flexibility index (Phi) is 5.99. The molecule has 2 aromatic carbocycles. The fourth-order valence-corrected chi connectivity index (χ4v) is 2.44. The molecule has 2 N–H and O–H groups in total. The summed E-state index contributed by atoms with van der Waals surface area (Å²) in [5.74, 6) is 0.905. The van der Waals surface area contributed by atoms with E-state index in [9.17, 15) is 9.18 Å². The maximum Gasteiger partial charge on any atom is 0.253 e. The van der Waals surface area contributed by atoms with Gasteiger partial charge in [0.05, 0.1) is 12.2 Å². The van der Waals surface area contributed by atoms with Gasteiger partial charge in [0.25, 0.3) is 5.91 Å². The van der Waals surface area contributed by atoms with Gasteiger partial charge in [0.2, 0.25) is 0 Å². The van der Waals surface area contributed by atoms with Crippen LogP contribution < -0.4 is 15.4 Å². The summed E-state index contributed by atoms with van der Waals surface area (Å²) in [6.45, 7) is 2.89. The van der Waals surface area contributed by atoms with Crippen LogP contribution in [0.1, 0.15) is 22.8 Å². The zero-order valence-corrected chi connectivity index (χ0v) is 14.9. The first kappa shape index (κ1) is 18.4. The fraction of sp³-hybridized carbons (Fsp3) is 0.143. The summed E-state index contributed by atoms with van der Waals surface area (Å²) in [4.78, 5) is 16.5. The number of ether oxygens (including phenoxy) is 1. The summed E-state index contributed by atoms with van der Waals surface area (Å²) in [7, 11) is 0. The molecule has 3 rings (SSSR count). The van der Waals surface area contributed by atoms with Gasteiger partial charge in [-0.2, -0.15) is 0 Å². The monoisotopic (exact) mass is 365 g/mol. The molecule has 3 aromatic rings. The van der Waals surface area contributed by atoms with E-state index >= 15 is 0 Å². The van der Waals surface area contributed by atoms with Crippen LogP contribution in [0.2, 0.25) is 0 Å². The van der Waals surface area contributed by atoms with E-state index in [2.05, 4.69) is 15.6 Å². The molecule has 6 heteroatoms. The number of rotatable bonds is 7. The van der Waals surface area contributed by atoms with Crippen molar-refractivity contribution in [2.45, 2.75) is 13.5 Å². The molecule has 27 heavy (non-hydrogen) atoms. The standard InChI is InChI=1S/C21H20FN3O2/c1-2-27-19-10-8-18(9-11-19)25-20-12-5-16(14-23-20)21(26)24-13-15-3-6-17(22)7-4-15/h3-12,14H,2,13H2,1H3,(H,23,25)(H,24,26). The van der Waals surface area contributed by atoms with Crippen molar-refractivity contribution in [3.8, 4) is 5.75 Å². The number of aromatic nitrogens is 1. The molecule has 0 spiro atoms. The lowest BCUT2D eigenvalue weighted by Gasteiger charge is -2.09. The topological polar surface area (TPSA) is 63.2 Å². The van der Waals surface area contributed by atoms with E-state index in [0.717, 1.165) is 17.0 Å². The van der Waals surface area contributed by atoms with Crippen LogP contribution in [0.4, 0.5) is 15.9 Å². The van der Waals surface area contributed by atoms with Gasteiger partial charge < -0.3 is 15.4 Å². The van der Waals surface area contributed by atoms with Gasteiger partial charge in [-0.05, 0) is 61.0 Å². The summed E-state index contributed by atoms with van der Waals surface area (Å²) in [6.07, 6.45) is 1.51. The molecule has 0 saturated carbocycles. The van der Waals surface area contributed by atoms with Crippen molar-refractivity contribution in [2.75, 3.05) is 11.9 Å². The summed E-state index contributed by atoms with van der Waals surface area (Å²) >= 11 is 0. The van der Waals surface area contributed by atoms with Crippen molar-refractivity contribution in [2.24, 2.45) is 0 Å². The summed E-state index contributed by atoms with van der Waals surface area (Å²) in [5.41, 5.74) is 2.15. The van der Waals surface area contributed by atoms with Gasteiger partial charge in [-0.3, -0.25) is 4.79 Å². The lowest BCUT2D eigenvalue weighted by molar-refractivity contribution is 0.0950. The van der Waals surface area contributed by atoms with Crippen molar-refractivity contribution in [1.29, 1.82) is 0 Å². The highest BCUT2D eigenvalue weighted by Crippen LogP contribution is 2.19. The predicted molar refractivity (Wildman–Crippen MR) is 103 cm³/mol. The quantitative estimate of drug-likeness (QED) is 0.655. The Hall–Kier alpha value is -3.41. The second-order valence-electron chi connectivity index (χ2n) is 5.82. The Morgan fingerprint density at radius 2 is 1.78 bits per heavy atom. The number of hydrogen-bond acceptors (Lipinski definition) is 4. The second-order valence-corrected chi connectivity index (χ2v) is 5.82. The average Bonchev–Trinajstić information content (AvgIpc) is 2.70. The van der Waals surface area contributed by atoms with E-state index < -0.39 is 0 Å². The minimum Gasteiger partial charge on any atom is -0.494 e. The van der Waals surface area contributed by atoms with E-state index in [4.69, 9.17) is 4.74 Å². The molecule has 138 valence electrons. The number of nitrogens with one attached hydrogen (secondary N) is 2. The molecule has 0 unspecified atom stereocenters. The lowest BCUT2D eigenvalue weighted by atomic mass is 10.2. The normalized spacial score (nSPS) is 10.3. The Morgan fingerprint density at radius 1 is 1.04 bits per heavy atom. The van der Waals surface area contributed by atoms with Crippen LogP contribution in [0.25, 0.3) is 0 Å². The molecular weight excluding hydrogens is 345 g/mol. The number of carbonyl (C=O) groups excluding carboxylic acids is 1. The van der Waals surface area contributed by atoms with E-state index in [1.807, 2.05) is 31.2 Å². The molecular formula is C21H20FN3O2. The Labute approximate surface area is 157 Å². The highest BCUT2D eigenvalue weighted by molar-refractivity contribution is 5.94. The number of pyridine rings is 1. The number of benzene rings is 2. The highest BCUT2D eigenvalue weighted by atomic mass is 19.1. The number of amides is 1. The van der Waals surface area contributed by atoms with E-state index in [1.54, 1.807) is 24.3 Å². The first-order valence-electron chi connectivity index (χ1n) is 8.62. The Morgan fingerprint density at radius 3 is 2.41 bits per heavy atom. The summed E-state index contributed by atoms with van der Waals surface area (Å²) in [6, 6.07) is 17.0. The molecule has 0 aliphatic carbocycles. The van der Waals surface area contributed by atoms with Crippen LogP contribution in [0, 0.1) is 5.82 Å². The number of nitrogens with zero attached hydrogens (tertiary/aromatic N) is 1. The molecule has 1 aromatic heterocycles. The van der Waals surface area contributed by atoms with Gasteiger partial charge in [0.15, 0.2) is 0 Å². The third-order valence-corrected chi connectivity index (χ3v) is 3.83. The van der Waals surface area contributed by atoms with Crippen LogP contribution in [0.15, 0.2) is 66.9 Å². The van der Waals surface area contributed by atoms with Crippen molar-refractivity contribution >= 4 is 17.4 Å². The van der Waals surface area contributed by atoms with Crippen LogP contribution in [0.5, 0.6) is 5.75 Å².